The lowest BCUT2D eigenvalue weighted by molar-refractivity contribution is 0.828. The van der Waals surface area contributed by atoms with E-state index in [-0.39, 0.29) is 0 Å². The Morgan fingerprint density at radius 1 is 0.333 bits per heavy atom. The molecule has 1 aliphatic rings. The summed E-state index contributed by atoms with van der Waals surface area (Å²) in [4.78, 5) is 0. The molecule has 4 rings (SSSR count). The van der Waals surface area contributed by atoms with Crippen molar-refractivity contribution in [3.8, 4) is 0 Å². The van der Waals surface area contributed by atoms with E-state index in [2.05, 4.69) is 164 Å². The summed E-state index contributed by atoms with van der Waals surface area (Å²) in [5.41, 5.74) is 13.9. The Bertz CT molecular complexity index is 1200. The van der Waals surface area contributed by atoms with Crippen molar-refractivity contribution in [2.45, 2.75) is 136 Å². The molecule has 1 saturated heterocycles. The van der Waals surface area contributed by atoms with E-state index in [4.69, 9.17) is 0 Å². The van der Waals surface area contributed by atoms with Gasteiger partial charge in [0.05, 0.1) is 0 Å². The molecule has 0 bridgehead atoms. The van der Waals surface area contributed by atoms with E-state index in [9.17, 15) is 0 Å². The zero-order valence-corrected chi connectivity index (χ0v) is 34.7. The second kappa shape index (κ2) is 14.8. The van der Waals surface area contributed by atoms with Gasteiger partial charge in [-0.1, -0.05) is 155 Å². The molecule has 0 radical (unpaired) electrons. The Morgan fingerprint density at radius 2 is 0.489 bits per heavy atom. The van der Waals surface area contributed by atoms with Gasteiger partial charge in [-0.2, -0.15) is 0 Å². The number of para-hydroxylation sites is 3. The van der Waals surface area contributed by atoms with Crippen molar-refractivity contribution in [2.75, 3.05) is 8.60 Å². The predicted octanol–water partition coefficient (Wildman–Crippen LogP) is 11.6. The first-order valence-corrected chi connectivity index (χ1v) is 24.4. The smallest absolute Gasteiger partial charge is 0.520 e. The summed E-state index contributed by atoms with van der Waals surface area (Å²) < 4.78 is 9.29. The molecule has 3 aromatic carbocycles. The van der Waals surface area contributed by atoms with E-state index in [1.807, 2.05) is 0 Å². The van der Waals surface area contributed by atoms with Crippen molar-refractivity contribution >= 4 is 60.8 Å². The number of nitrogens with zero attached hydrogens (tertiary/aromatic N) is 3. The largest absolute Gasteiger partial charge is 0.525 e. The molecular weight excluding hydrogens is 591 g/mol. The summed E-state index contributed by atoms with van der Waals surface area (Å²) >= 11 is -4.99. The summed E-state index contributed by atoms with van der Waals surface area (Å²) in [6.07, 6.45) is 0. The molecule has 6 heteroatoms. The van der Waals surface area contributed by atoms with Crippen LogP contribution in [-0.4, -0.2) is 43.8 Å². The van der Waals surface area contributed by atoms with Gasteiger partial charge >= 0.3 is 43.8 Å². The van der Waals surface area contributed by atoms with Gasteiger partial charge in [-0.25, -0.2) is 0 Å². The van der Waals surface area contributed by atoms with E-state index in [1.165, 1.54) is 33.4 Å². The molecule has 0 N–H and O–H groups in total. The van der Waals surface area contributed by atoms with Gasteiger partial charge in [0.2, 0.25) is 0 Å². The number of hydrogen-bond acceptors (Lipinski definition) is 3. The zero-order chi connectivity index (χ0) is 33.5. The van der Waals surface area contributed by atoms with E-state index >= 15 is 0 Å². The number of anilines is 3. The van der Waals surface area contributed by atoms with E-state index in [0.29, 0.717) is 35.5 Å². The maximum absolute atomic E-state index is 3.10. The van der Waals surface area contributed by atoms with Crippen LogP contribution in [0.4, 0.5) is 17.1 Å². The quantitative estimate of drug-likeness (QED) is 0.213. The standard InChI is InChI=1S/3C12H17N.3CH3.3Al/c3*1-8(2)10-6-5-7-11(9(3)4)12(10)13;;;;;;/h3*5-9H,1-4H3;3*1H3;;;. The van der Waals surface area contributed by atoms with Crippen LogP contribution in [0.1, 0.15) is 152 Å². The summed E-state index contributed by atoms with van der Waals surface area (Å²) in [6, 6.07) is 21.5. The van der Waals surface area contributed by atoms with E-state index in [0.717, 1.165) is 0 Å². The Labute approximate surface area is 291 Å². The fourth-order valence-corrected chi connectivity index (χ4v) is 24.2. The predicted molar refractivity (Wildman–Crippen MR) is 206 cm³/mol. The van der Waals surface area contributed by atoms with Crippen LogP contribution in [-0.2, 0) is 0 Å². The first-order valence-electron chi connectivity index (χ1n) is 17.8. The molecule has 0 spiro atoms. The Balaban J connectivity index is 2.16. The van der Waals surface area contributed by atoms with Gasteiger partial charge in [0, 0.05) is 0 Å². The maximum Gasteiger partial charge on any atom is 0.520 e. The van der Waals surface area contributed by atoms with Crippen LogP contribution in [0.2, 0.25) is 17.4 Å². The average molecular weight is 652 g/mol. The molecule has 1 heterocycles. The number of hydrogen-bond donors (Lipinski definition) is 0. The molecule has 0 amide bonds. The third-order valence-corrected chi connectivity index (χ3v) is 24.4. The highest BCUT2D eigenvalue weighted by Gasteiger charge is 2.54. The second-order valence-electron chi connectivity index (χ2n) is 15.4. The molecule has 0 atom stereocenters. The molecule has 3 nitrogen and oxygen atoms in total. The van der Waals surface area contributed by atoms with Crippen molar-refractivity contribution in [1.82, 2.24) is 0 Å². The number of rotatable bonds is 9. The van der Waals surface area contributed by atoms with Gasteiger partial charge in [0.1, 0.15) is 0 Å². The third kappa shape index (κ3) is 6.96. The minimum Gasteiger partial charge on any atom is -0.525 e. The summed E-state index contributed by atoms with van der Waals surface area (Å²) in [6.45, 7) is 28.8. The van der Waals surface area contributed by atoms with E-state index in [1.54, 1.807) is 17.1 Å². The molecule has 0 aromatic heterocycles. The lowest BCUT2D eigenvalue weighted by Gasteiger charge is -2.57. The lowest BCUT2D eigenvalue weighted by atomic mass is 9.93. The van der Waals surface area contributed by atoms with Crippen molar-refractivity contribution in [2.24, 2.45) is 0 Å². The number of benzene rings is 3. The molecule has 0 aliphatic carbocycles. The summed E-state index contributed by atoms with van der Waals surface area (Å²) in [5.74, 6) is 10.9. The first-order chi connectivity index (χ1) is 21.1. The van der Waals surface area contributed by atoms with Gasteiger partial charge < -0.3 is 8.60 Å². The molecular formula is C39H60Al3N3. The highest BCUT2D eigenvalue weighted by molar-refractivity contribution is 7.04. The summed E-state index contributed by atoms with van der Waals surface area (Å²) in [5, 5.41) is 0. The van der Waals surface area contributed by atoms with Crippen molar-refractivity contribution < 1.29 is 0 Å². The fourth-order valence-electron chi connectivity index (χ4n) is 7.89. The van der Waals surface area contributed by atoms with Crippen molar-refractivity contribution in [3.05, 3.63) is 88.0 Å². The zero-order valence-electron chi connectivity index (χ0n) is 31.2. The Morgan fingerprint density at radius 3 is 0.622 bits per heavy atom. The highest BCUT2D eigenvalue weighted by atomic mass is 27.4. The molecule has 240 valence electrons. The maximum atomic E-state index is 3.10. The average Bonchev–Trinajstić information content (AvgIpc) is 2.96. The second-order valence-corrected chi connectivity index (χ2v) is 24.3. The van der Waals surface area contributed by atoms with Crippen molar-refractivity contribution in [1.29, 1.82) is 0 Å². The van der Waals surface area contributed by atoms with E-state index < -0.39 is 43.8 Å². The van der Waals surface area contributed by atoms with Gasteiger partial charge in [-0.05, 0) is 86.0 Å². The molecule has 0 unspecified atom stereocenters. The van der Waals surface area contributed by atoms with Crippen LogP contribution in [0.3, 0.4) is 0 Å². The first kappa shape index (κ1) is 36.5. The van der Waals surface area contributed by atoms with Gasteiger partial charge in [0.25, 0.3) is 0 Å². The van der Waals surface area contributed by atoms with Crippen molar-refractivity contribution in [3.63, 3.8) is 0 Å². The van der Waals surface area contributed by atoms with Crippen LogP contribution in [0, 0.1) is 0 Å². The van der Waals surface area contributed by atoms with Gasteiger partial charge in [-0.3, -0.25) is 0 Å². The SMILES string of the molecule is CC(C)c1cccc(C(C)C)c1[N]1[Al]([CH3])[N](c2c(C(C)C)cccc2C(C)C)[Al]([CH3])[N](c2c(C(C)C)cccc2C(C)C)[Al]1[CH3]. The molecule has 45 heavy (non-hydrogen) atoms. The highest BCUT2D eigenvalue weighted by Crippen LogP contribution is 2.46. The van der Waals surface area contributed by atoms with Gasteiger partial charge in [-0.15, -0.1) is 0 Å². The third-order valence-electron chi connectivity index (χ3n) is 10.2. The Kier molecular flexibility index (Phi) is 12.0. The minimum atomic E-state index is -1.66. The molecule has 3 aromatic rings. The van der Waals surface area contributed by atoms with Crippen LogP contribution in [0.15, 0.2) is 54.6 Å². The fraction of sp³-hybridized carbons (Fsp3) is 0.538. The van der Waals surface area contributed by atoms with Crippen LogP contribution >= 0.6 is 0 Å². The lowest BCUT2D eigenvalue weighted by Crippen LogP contribution is -2.77. The Hall–Kier alpha value is -1.34. The molecule has 0 saturated carbocycles. The monoisotopic (exact) mass is 651 g/mol. The van der Waals surface area contributed by atoms with Gasteiger partial charge in [0.15, 0.2) is 0 Å². The van der Waals surface area contributed by atoms with Crippen LogP contribution in [0.25, 0.3) is 0 Å². The molecule has 1 aliphatic heterocycles. The van der Waals surface area contributed by atoms with Crippen LogP contribution in [0.5, 0.6) is 0 Å². The normalized spacial score (nSPS) is 14.6. The molecule has 1 fully saturated rings. The topological polar surface area (TPSA) is 9.72 Å². The minimum absolute atomic E-state index is 0.475. The summed E-state index contributed by atoms with van der Waals surface area (Å²) in [7, 11) is 0. The van der Waals surface area contributed by atoms with Crippen LogP contribution < -0.4 is 8.60 Å².